The first-order valence-electron chi connectivity index (χ1n) is 10.0. The van der Waals surface area contributed by atoms with E-state index in [1.807, 2.05) is 29.2 Å². The first-order valence-corrected chi connectivity index (χ1v) is 10.8. The van der Waals surface area contributed by atoms with E-state index in [0.29, 0.717) is 42.4 Å². The number of amides is 1. The molecule has 1 aromatic carbocycles. The smallest absolute Gasteiger partial charge is 0.269 e. The summed E-state index contributed by atoms with van der Waals surface area (Å²) in [5.74, 6) is -0.137. The Morgan fingerprint density at radius 2 is 2.10 bits per heavy atom. The van der Waals surface area contributed by atoms with E-state index < -0.39 is 5.92 Å². The van der Waals surface area contributed by atoms with Gasteiger partial charge in [0.15, 0.2) is 5.78 Å². The highest BCUT2D eigenvalue weighted by molar-refractivity contribution is 9.10. The van der Waals surface area contributed by atoms with Gasteiger partial charge in [-0.25, -0.2) is 0 Å². The predicted molar refractivity (Wildman–Crippen MR) is 115 cm³/mol. The Morgan fingerprint density at radius 3 is 2.83 bits per heavy atom. The van der Waals surface area contributed by atoms with Gasteiger partial charge in [0.2, 0.25) is 0 Å². The molecule has 1 aromatic heterocycles. The van der Waals surface area contributed by atoms with Crippen LogP contribution in [-0.2, 0) is 9.53 Å². The summed E-state index contributed by atoms with van der Waals surface area (Å²) in [6.07, 6.45) is 3.64. The van der Waals surface area contributed by atoms with Crippen molar-refractivity contribution in [1.82, 2.24) is 15.4 Å². The number of rotatable bonds is 6. The predicted octanol–water partition coefficient (Wildman–Crippen LogP) is 3.34. The minimum absolute atomic E-state index is 0.0694. The van der Waals surface area contributed by atoms with Crippen molar-refractivity contribution in [2.45, 2.75) is 25.8 Å². The van der Waals surface area contributed by atoms with Crippen molar-refractivity contribution in [3.63, 3.8) is 0 Å². The number of carbonyl (C=O) groups excluding carboxylic acids is 2. The molecule has 3 heterocycles. The van der Waals surface area contributed by atoms with Gasteiger partial charge >= 0.3 is 0 Å². The quantitative estimate of drug-likeness (QED) is 0.647. The van der Waals surface area contributed by atoms with Crippen LogP contribution in [0.1, 0.15) is 29.0 Å². The van der Waals surface area contributed by atoms with Gasteiger partial charge in [0.1, 0.15) is 11.5 Å². The summed E-state index contributed by atoms with van der Waals surface area (Å²) >= 11 is 3.42. The van der Waals surface area contributed by atoms with Crippen LogP contribution in [-0.4, -0.2) is 54.6 Å². The molecule has 8 heteroatoms. The van der Waals surface area contributed by atoms with Crippen LogP contribution in [0.4, 0.5) is 0 Å². The van der Waals surface area contributed by atoms with Crippen LogP contribution in [0.15, 0.2) is 45.0 Å². The minimum atomic E-state index is -0.445. The highest BCUT2D eigenvalue weighted by Gasteiger charge is 2.35. The van der Waals surface area contributed by atoms with Crippen molar-refractivity contribution >= 4 is 27.6 Å². The van der Waals surface area contributed by atoms with E-state index >= 15 is 0 Å². The molecule has 2 atom stereocenters. The lowest BCUT2D eigenvalue weighted by molar-refractivity contribution is -0.129. The van der Waals surface area contributed by atoms with Crippen molar-refractivity contribution < 1.29 is 18.8 Å². The minimum Gasteiger partial charge on any atom is -0.383 e. The fraction of sp³-hybridized carbons (Fsp3) is 0.409. The average Bonchev–Trinajstić information content (AvgIpc) is 3.48. The third-order valence-corrected chi connectivity index (χ3v) is 6.20. The molecule has 1 unspecified atom stereocenters. The van der Waals surface area contributed by atoms with E-state index in [9.17, 15) is 9.59 Å². The van der Waals surface area contributed by atoms with E-state index in [0.717, 1.165) is 22.9 Å². The Hall–Kier alpha value is -2.45. The van der Waals surface area contributed by atoms with Crippen LogP contribution in [0.25, 0.3) is 11.3 Å². The number of nitrogens with one attached hydrogen (secondary N) is 1. The van der Waals surface area contributed by atoms with Gasteiger partial charge in [0.25, 0.3) is 5.91 Å². The molecule has 4 rings (SSSR count). The summed E-state index contributed by atoms with van der Waals surface area (Å²) in [7, 11) is 1.65. The first kappa shape index (κ1) is 20.8. The van der Waals surface area contributed by atoms with E-state index in [2.05, 4.69) is 26.4 Å². The molecular formula is C22H24BrN3O4. The van der Waals surface area contributed by atoms with Crippen LogP contribution in [0.2, 0.25) is 0 Å². The van der Waals surface area contributed by atoms with E-state index in [1.54, 1.807) is 20.1 Å². The lowest BCUT2D eigenvalue weighted by atomic mass is 9.94. The Bertz CT molecular complexity index is 983. The number of Topliss-reactive ketones (excluding diaryl/α,β-unsaturated/α-hetero) is 1. The van der Waals surface area contributed by atoms with E-state index in [-0.39, 0.29) is 17.7 Å². The summed E-state index contributed by atoms with van der Waals surface area (Å²) < 4.78 is 11.5. The summed E-state index contributed by atoms with van der Waals surface area (Å²) in [5, 5.41) is 7.24. The molecule has 0 saturated carbocycles. The summed E-state index contributed by atoms with van der Waals surface area (Å²) in [6, 6.07) is 7.66. The van der Waals surface area contributed by atoms with Crippen LogP contribution in [0.3, 0.4) is 0 Å². The lowest BCUT2D eigenvalue weighted by Crippen LogP contribution is -2.40. The topological polar surface area (TPSA) is 84.7 Å². The van der Waals surface area contributed by atoms with Crippen LogP contribution < -0.4 is 5.32 Å². The van der Waals surface area contributed by atoms with Crippen LogP contribution in [0.5, 0.6) is 0 Å². The van der Waals surface area contributed by atoms with Gasteiger partial charge < -0.3 is 19.5 Å². The molecule has 0 aliphatic carbocycles. The second-order valence-electron chi connectivity index (χ2n) is 7.65. The molecule has 30 heavy (non-hydrogen) atoms. The third kappa shape index (κ3) is 3.94. The SMILES string of the molecule is COC[C@@H]1CCCN1C(=O)C1=CC(C(=O)c2c(-c3ccc(Br)cc3)noc2C)CN1. The Labute approximate surface area is 183 Å². The standard InChI is InChI=1S/C22H24BrN3O4/c1-13-19(20(25-30-13)14-5-7-16(23)8-6-14)21(27)15-10-18(24-11-15)22(28)26-9-3-4-17(26)12-29-2/h5-8,10,15,17,24H,3-4,9,11-12H2,1-2H3/t15?,17-/m0/s1. The molecule has 1 N–H and O–H groups in total. The molecule has 1 fully saturated rings. The van der Waals surface area contributed by atoms with Gasteiger partial charge in [-0.05, 0) is 38.0 Å². The van der Waals surface area contributed by atoms with Crippen molar-refractivity contribution in [3.8, 4) is 11.3 Å². The Balaban J connectivity index is 1.55. The number of hydrogen-bond acceptors (Lipinski definition) is 6. The second-order valence-corrected chi connectivity index (χ2v) is 8.57. The molecule has 1 saturated heterocycles. The monoisotopic (exact) mass is 473 g/mol. The molecular weight excluding hydrogens is 450 g/mol. The number of carbonyl (C=O) groups is 2. The normalized spacial score (nSPS) is 20.9. The summed E-state index contributed by atoms with van der Waals surface area (Å²) in [4.78, 5) is 28.1. The number of benzene rings is 1. The highest BCUT2D eigenvalue weighted by atomic mass is 79.9. The number of halogens is 1. The van der Waals surface area contributed by atoms with Crippen LogP contribution in [0, 0.1) is 12.8 Å². The molecule has 0 spiro atoms. The van der Waals surface area contributed by atoms with Gasteiger partial charge in [-0.1, -0.05) is 33.2 Å². The molecule has 2 aliphatic heterocycles. The van der Waals surface area contributed by atoms with Gasteiger partial charge in [-0.3, -0.25) is 9.59 Å². The largest absolute Gasteiger partial charge is 0.383 e. The van der Waals surface area contributed by atoms with Crippen molar-refractivity contribution in [2.24, 2.45) is 5.92 Å². The highest BCUT2D eigenvalue weighted by Crippen LogP contribution is 2.30. The maximum Gasteiger partial charge on any atom is 0.269 e. The number of likely N-dealkylation sites (tertiary alicyclic amines) is 1. The number of aromatic nitrogens is 1. The average molecular weight is 474 g/mol. The molecule has 1 amide bonds. The first-order chi connectivity index (χ1) is 14.5. The number of hydrogen-bond donors (Lipinski definition) is 1. The number of aryl methyl sites for hydroxylation is 1. The fourth-order valence-electron chi connectivity index (χ4n) is 4.13. The Kier molecular flexibility index (Phi) is 6.06. The molecule has 2 aliphatic rings. The Morgan fingerprint density at radius 1 is 1.33 bits per heavy atom. The molecule has 2 aromatic rings. The maximum atomic E-state index is 13.3. The number of ketones is 1. The summed E-state index contributed by atoms with van der Waals surface area (Å²) in [5.41, 5.74) is 2.28. The van der Waals surface area contributed by atoms with Crippen LogP contribution >= 0.6 is 15.9 Å². The van der Waals surface area contributed by atoms with Crippen molar-refractivity contribution in [3.05, 3.63) is 51.8 Å². The number of ether oxygens (including phenoxy) is 1. The number of nitrogens with zero attached hydrogens (tertiary/aromatic N) is 2. The molecule has 0 radical (unpaired) electrons. The van der Waals surface area contributed by atoms with Gasteiger partial charge in [-0.15, -0.1) is 0 Å². The maximum absolute atomic E-state index is 13.3. The van der Waals surface area contributed by atoms with Crippen molar-refractivity contribution in [2.75, 3.05) is 26.8 Å². The van der Waals surface area contributed by atoms with E-state index in [4.69, 9.17) is 9.26 Å². The zero-order chi connectivity index (χ0) is 21.3. The molecule has 7 nitrogen and oxygen atoms in total. The zero-order valence-corrected chi connectivity index (χ0v) is 18.6. The van der Waals surface area contributed by atoms with Gasteiger partial charge in [0, 0.05) is 30.2 Å². The van der Waals surface area contributed by atoms with Gasteiger partial charge in [0.05, 0.1) is 29.8 Å². The molecule has 158 valence electrons. The third-order valence-electron chi connectivity index (χ3n) is 5.67. The number of methoxy groups -OCH3 is 1. The van der Waals surface area contributed by atoms with E-state index in [1.165, 1.54) is 0 Å². The summed E-state index contributed by atoms with van der Waals surface area (Å²) in [6.45, 7) is 3.36. The fourth-order valence-corrected chi connectivity index (χ4v) is 4.39. The zero-order valence-electron chi connectivity index (χ0n) is 17.0. The lowest BCUT2D eigenvalue weighted by Gasteiger charge is -2.24. The van der Waals surface area contributed by atoms with Gasteiger partial charge in [-0.2, -0.15) is 0 Å². The van der Waals surface area contributed by atoms with Crippen molar-refractivity contribution in [1.29, 1.82) is 0 Å². The molecule has 0 bridgehead atoms. The second kappa shape index (κ2) is 8.73.